The highest BCUT2D eigenvalue weighted by molar-refractivity contribution is 6.22. The van der Waals surface area contributed by atoms with E-state index in [1.807, 2.05) is 0 Å². The average molecular weight is 805 g/mol. The van der Waals surface area contributed by atoms with Crippen LogP contribution in [0.25, 0.3) is 76.5 Å². The van der Waals surface area contributed by atoms with E-state index in [1.54, 1.807) is 0 Å². The molecule has 1 aromatic heterocycles. The summed E-state index contributed by atoms with van der Waals surface area (Å²) < 4.78 is 7.09. The molecule has 1 heterocycles. The number of nitrogens with zero attached hydrogens (tertiary/aromatic N) is 2. The Kier molecular flexibility index (Phi) is 8.83. The Hall–Kier alpha value is -8.40. The number of hydrogen-bond donors (Lipinski definition) is 0. The second-order valence-electron chi connectivity index (χ2n) is 16.2. The molecule has 0 bridgehead atoms. The van der Waals surface area contributed by atoms with Gasteiger partial charge in [0.05, 0.1) is 5.69 Å². The molecule has 0 aliphatic heterocycles. The molecule has 0 spiro atoms. The standard InChI is InChI=1S/C60H40N2O/c1-4-14-41(15-5-1)44-26-31-51(32-27-44)62(53-33-28-43-18-10-11-20-46(43)37-53)57-40-54(39-56-59-55-23-13-12-19-45(55)30-35-58(59)63-60(56)57)61(50-21-8-3-9-22-50)52-34-29-48-36-47(24-25-49(48)38-52)42-16-6-2-7-17-42/h1-40H. The Morgan fingerprint density at radius 3 is 1.51 bits per heavy atom. The minimum Gasteiger partial charge on any atom is -0.454 e. The van der Waals surface area contributed by atoms with Crippen LogP contribution < -0.4 is 9.80 Å². The molecule has 0 N–H and O–H groups in total. The number of anilines is 6. The molecule has 296 valence electrons. The lowest BCUT2D eigenvalue weighted by Gasteiger charge is -2.30. The van der Waals surface area contributed by atoms with E-state index in [2.05, 4.69) is 252 Å². The third-order valence-electron chi connectivity index (χ3n) is 12.4. The summed E-state index contributed by atoms with van der Waals surface area (Å²) in [6.45, 7) is 0. The smallest absolute Gasteiger partial charge is 0.159 e. The molecule has 0 aliphatic rings. The number of rotatable bonds is 8. The zero-order valence-electron chi connectivity index (χ0n) is 34.4. The summed E-state index contributed by atoms with van der Waals surface area (Å²) in [5.41, 5.74) is 12.6. The first kappa shape index (κ1) is 36.5. The molecule has 0 saturated heterocycles. The third kappa shape index (κ3) is 6.55. The number of fused-ring (bicyclic) bond motifs is 7. The van der Waals surface area contributed by atoms with Gasteiger partial charge in [-0.15, -0.1) is 0 Å². The van der Waals surface area contributed by atoms with Gasteiger partial charge in [-0.3, -0.25) is 0 Å². The summed E-state index contributed by atoms with van der Waals surface area (Å²) in [6.07, 6.45) is 0. The Labute approximate surface area is 365 Å². The van der Waals surface area contributed by atoms with Crippen LogP contribution in [-0.4, -0.2) is 0 Å². The van der Waals surface area contributed by atoms with Crippen LogP contribution >= 0.6 is 0 Å². The van der Waals surface area contributed by atoms with Gasteiger partial charge in [0.1, 0.15) is 5.58 Å². The van der Waals surface area contributed by atoms with E-state index >= 15 is 0 Å². The Morgan fingerprint density at radius 1 is 0.270 bits per heavy atom. The summed E-state index contributed by atoms with van der Waals surface area (Å²) in [5.74, 6) is 0. The van der Waals surface area contributed by atoms with Gasteiger partial charge in [0.25, 0.3) is 0 Å². The van der Waals surface area contributed by atoms with Crippen molar-refractivity contribution >= 4 is 88.4 Å². The van der Waals surface area contributed by atoms with E-state index in [9.17, 15) is 0 Å². The highest BCUT2D eigenvalue weighted by Gasteiger charge is 2.25. The maximum atomic E-state index is 7.09. The van der Waals surface area contributed by atoms with E-state index < -0.39 is 0 Å². The maximum Gasteiger partial charge on any atom is 0.159 e. The first-order chi connectivity index (χ1) is 31.2. The molecule has 3 heteroatoms. The molecule has 3 nitrogen and oxygen atoms in total. The van der Waals surface area contributed by atoms with E-state index in [1.165, 1.54) is 43.6 Å². The fourth-order valence-electron chi connectivity index (χ4n) is 9.29. The van der Waals surface area contributed by atoms with Gasteiger partial charge in [-0.2, -0.15) is 0 Å². The molecule has 0 fully saturated rings. The van der Waals surface area contributed by atoms with Gasteiger partial charge >= 0.3 is 0 Å². The predicted molar refractivity (Wildman–Crippen MR) is 266 cm³/mol. The van der Waals surface area contributed by atoms with Crippen molar-refractivity contribution in [3.63, 3.8) is 0 Å². The lowest BCUT2D eigenvalue weighted by molar-refractivity contribution is 0.669. The molecule has 63 heavy (non-hydrogen) atoms. The fourth-order valence-corrected chi connectivity index (χ4v) is 9.29. The van der Waals surface area contributed by atoms with E-state index in [0.29, 0.717) is 0 Å². The minimum atomic E-state index is 0.824. The highest BCUT2D eigenvalue weighted by Crippen LogP contribution is 2.49. The molecule has 0 unspecified atom stereocenters. The summed E-state index contributed by atoms with van der Waals surface area (Å²) in [7, 11) is 0. The normalized spacial score (nSPS) is 11.5. The van der Waals surface area contributed by atoms with Crippen LogP contribution in [0.4, 0.5) is 34.1 Å². The predicted octanol–water partition coefficient (Wildman–Crippen LogP) is 17.3. The van der Waals surface area contributed by atoms with E-state index in [0.717, 1.165) is 67.0 Å². The van der Waals surface area contributed by atoms with Crippen molar-refractivity contribution in [3.05, 3.63) is 243 Å². The largest absolute Gasteiger partial charge is 0.454 e. The first-order valence-corrected chi connectivity index (χ1v) is 21.5. The van der Waals surface area contributed by atoms with Crippen molar-refractivity contribution in [2.45, 2.75) is 0 Å². The third-order valence-corrected chi connectivity index (χ3v) is 12.4. The fraction of sp³-hybridized carbons (Fsp3) is 0. The van der Waals surface area contributed by atoms with Crippen LogP contribution in [0.2, 0.25) is 0 Å². The monoisotopic (exact) mass is 804 g/mol. The van der Waals surface area contributed by atoms with Crippen molar-refractivity contribution < 1.29 is 4.42 Å². The van der Waals surface area contributed by atoms with Crippen molar-refractivity contribution in [3.8, 4) is 22.3 Å². The SMILES string of the molecule is c1ccc(-c2ccc(N(c3ccc4ccccc4c3)c3cc(N(c4ccccc4)c4ccc5cc(-c6ccccc6)ccc5c4)cc4c3oc3ccc5ccccc5c34)cc2)cc1. The number of para-hydroxylation sites is 1. The van der Waals surface area contributed by atoms with Gasteiger partial charge in [0, 0.05) is 39.2 Å². The zero-order valence-corrected chi connectivity index (χ0v) is 34.4. The van der Waals surface area contributed by atoms with Gasteiger partial charge in [0.15, 0.2) is 5.58 Å². The average Bonchev–Trinajstić information content (AvgIpc) is 3.74. The van der Waals surface area contributed by atoms with Crippen molar-refractivity contribution in [2.24, 2.45) is 0 Å². The minimum absolute atomic E-state index is 0.824. The number of hydrogen-bond acceptors (Lipinski definition) is 3. The van der Waals surface area contributed by atoms with Crippen LogP contribution in [0.15, 0.2) is 247 Å². The second kappa shape index (κ2) is 15.3. The molecular weight excluding hydrogens is 765 g/mol. The molecule has 0 amide bonds. The van der Waals surface area contributed by atoms with E-state index in [4.69, 9.17) is 4.42 Å². The molecule has 0 saturated carbocycles. The topological polar surface area (TPSA) is 19.6 Å². The molecule has 0 aliphatic carbocycles. The van der Waals surface area contributed by atoms with Gasteiger partial charge in [-0.1, -0.05) is 170 Å². The first-order valence-electron chi connectivity index (χ1n) is 21.5. The summed E-state index contributed by atoms with van der Waals surface area (Å²) in [5, 5.41) is 9.21. The molecule has 0 radical (unpaired) electrons. The van der Waals surface area contributed by atoms with Gasteiger partial charge < -0.3 is 14.2 Å². The summed E-state index contributed by atoms with van der Waals surface area (Å²) >= 11 is 0. The van der Waals surface area contributed by atoms with Crippen molar-refractivity contribution in [1.29, 1.82) is 0 Å². The summed E-state index contributed by atoms with van der Waals surface area (Å²) in [6, 6.07) is 87.2. The van der Waals surface area contributed by atoms with Crippen molar-refractivity contribution in [1.82, 2.24) is 0 Å². The van der Waals surface area contributed by atoms with Gasteiger partial charge in [-0.25, -0.2) is 0 Å². The lowest BCUT2D eigenvalue weighted by Crippen LogP contribution is -2.13. The Bertz CT molecular complexity index is 3620. The van der Waals surface area contributed by atoms with Crippen molar-refractivity contribution in [2.75, 3.05) is 9.80 Å². The number of benzene rings is 11. The highest BCUT2D eigenvalue weighted by atomic mass is 16.3. The lowest BCUT2D eigenvalue weighted by atomic mass is 10.00. The summed E-state index contributed by atoms with van der Waals surface area (Å²) in [4.78, 5) is 4.75. The van der Waals surface area contributed by atoms with Crippen LogP contribution in [-0.2, 0) is 0 Å². The quantitative estimate of drug-likeness (QED) is 0.153. The molecular formula is C60H40N2O. The van der Waals surface area contributed by atoms with Crippen LogP contribution in [0.1, 0.15) is 0 Å². The molecule has 0 atom stereocenters. The van der Waals surface area contributed by atoms with Gasteiger partial charge in [0.2, 0.25) is 0 Å². The zero-order chi connectivity index (χ0) is 41.7. The second-order valence-corrected chi connectivity index (χ2v) is 16.2. The number of furan rings is 1. The Morgan fingerprint density at radius 2 is 0.762 bits per heavy atom. The van der Waals surface area contributed by atoms with Gasteiger partial charge in [-0.05, 0) is 127 Å². The van der Waals surface area contributed by atoms with E-state index in [-0.39, 0.29) is 0 Å². The molecule has 12 rings (SSSR count). The van der Waals surface area contributed by atoms with Crippen LogP contribution in [0.3, 0.4) is 0 Å². The molecule has 12 aromatic rings. The van der Waals surface area contributed by atoms with Crippen LogP contribution in [0, 0.1) is 0 Å². The maximum absolute atomic E-state index is 7.09. The molecule has 11 aromatic carbocycles. The Balaban J connectivity index is 1.13. The van der Waals surface area contributed by atoms with Crippen LogP contribution in [0.5, 0.6) is 0 Å².